The van der Waals surface area contributed by atoms with Gasteiger partial charge in [0.15, 0.2) is 6.61 Å². The maximum atomic E-state index is 12.8. The molecule has 3 amide bonds. The van der Waals surface area contributed by atoms with Crippen LogP contribution in [-0.2, 0) is 9.59 Å². The first-order valence-corrected chi connectivity index (χ1v) is 10.6. The van der Waals surface area contributed by atoms with Crippen LogP contribution in [0.3, 0.4) is 0 Å². The fraction of sp³-hybridized carbons (Fsp3) is 0.375. The summed E-state index contributed by atoms with van der Waals surface area (Å²) in [6.45, 7) is 5.07. The van der Waals surface area contributed by atoms with E-state index < -0.39 is 6.04 Å². The largest absolute Gasteiger partial charge is 0.484 e. The summed E-state index contributed by atoms with van der Waals surface area (Å²) in [5.41, 5.74) is 1.07. The number of carbonyl (C=O) groups excluding carboxylic acids is 3. The third-order valence-corrected chi connectivity index (χ3v) is 5.15. The summed E-state index contributed by atoms with van der Waals surface area (Å²) in [5, 5.41) is 5.56. The highest BCUT2D eigenvalue weighted by Crippen LogP contribution is 2.17. The molecule has 7 nitrogen and oxygen atoms in total. The van der Waals surface area contributed by atoms with Crippen LogP contribution in [0.4, 0.5) is 5.69 Å². The molecule has 1 fully saturated rings. The average Bonchev–Trinajstić information content (AvgIpc) is 3.31. The zero-order chi connectivity index (χ0) is 22.2. The lowest BCUT2D eigenvalue weighted by Crippen LogP contribution is -2.48. The fourth-order valence-electron chi connectivity index (χ4n) is 3.47. The number of hydrogen-bond acceptors (Lipinski definition) is 4. The molecule has 1 aliphatic rings. The topological polar surface area (TPSA) is 87.7 Å². The Labute approximate surface area is 182 Å². The Morgan fingerprint density at radius 1 is 1.00 bits per heavy atom. The quantitative estimate of drug-likeness (QED) is 0.683. The zero-order valence-corrected chi connectivity index (χ0v) is 18.0. The Morgan fingerprint density at radius 3 is 2.39 bits per heavy atom. The molecule has 7 heteroatoms. The van der Waals surface area contributed by atoms with Crippen molar-refractivity contribution in [1.82, 2.24) is 10.2 Å². The van der Waals surface area contributed by atoms with E-state index in [9.17, 15) is 14.4 Å². The van der Waals surface area contributed by atoms with Crippen LogP contribution in [0, 0.1) is 5.92 Å². The number of rotatable bonds is 8. The van der Waals surface area contributed by atoms with Crippen LogP contribution in [-0.4, -0.2) is 48.4 Å². The van der Waals surface area contributed by atoms with Crippen molar-refractivity contribution in [3.63, 3.8) is 0 Å². The summed E-state index contributed by atoms with van der Waals surface area (Å²) >= 11 is 0. The summed E-state index contributed by atoms with van der Waals surface area (Å²) in [6.07, 6.45) is 2.04. The number of anilines is 1. The number of carbonyl (C=O) groups is 3. The summed E-state index contributed by atoms with van der Waals surface area (Å²) in [4.78, 5) is 39.6. The Balaban J connectivity index is 1.59. The predicted octanol–water partition coefficient (Wildman–Crippen LogP) is 3.08. The highest BCUT2D eigenvalue weighted by atomic mass is 16.5. The monoisotopic (exact) mass is 423 g/mol. The maximum Gasteiger partial charge on any atom is 0.258 e. The van der Waals surface area contributed by atoms with Gasteiger partial charge in [-0.2, -0.15) is 0 Å². The highest BCUT2D eigenvalue weighted by molar-refractivity contribution is 6.00. The van der Waals surface area contributed by atoms with Gasteiger partial charge in [-0.1, -0.05) is 38.1 Å². The Kier molecular flexibility index (Phi) is 7.65. The van der Waals surface area contributed by atoms with Gasteiger partial charge in [-0.25, -0.2) is 0 Å². The maximum absolute atomic E-state index is 12.8. The third kappa shape index (κ3) is 6.31. The van der Waals surface area contributed by atoms with E-state index >= 15 is 0 Å². The number of nitrogens with one attached hydrogen (secondary N) is 2. The van der Waals surface area contributed by atoms with Crippen molar-refractivity contribution in [2.45, 2.75) is 32.7 Å². The second kappa shape index (κ2) is 10.6. The van der Waals surface area contributed by atoms with Crippen molar-refractivity contribution in [3.8, 4) is 5.75 Å². The molecule has 3 rings (SSSR count). The molecule has 1 atom stereocenters. The molecule has 2 aromatic carbocycles. The minimum Gasteiger partial charge on any atom is -0.484 e. The van der Waals surface area contributed by atoms with Crippen molar-refractivity contribution >= 4 is 23.4 Å². The van der Waals surface area contributed by atoms with Crippen molar-refractivity contribution < 1.29 is 19.1 Å². The van der Waals surface area contributed by atoms with Gasteiger partial charge in [-0.3, -0.25) is 14.4 Å². The molecule has 0 radical (unpaired) electrons. The number of nitrogens with zero attached hydrogens (tertiary/aromatic N) is 1. The van der Waals surface area contributed by atoms with E-state index in [1.807, 2.05) is 36.9 Å². The van der Waals surface area contributed by atoms with Crippen LogP contribution >= 0.6 is 0 Å². The van der Waals surface area contributed by atoms with Crippen LogP contribution in [0.25, 0.3) is 0 Å². The fourth-order valence-corrected chi connectivity index (χ4v) is 3.47. The summed E-state index contributed by atoms with van der Waals surface area (Å²) in [5.74, 6) is -0.289. The Bertz CT molecular complexity index is 908. The lowest BCUT2D eigenvalue weighted by Gasteiger charge is -2.22. The number of amides is 3. The number of likely N-dealkylation sites (tertiary alicyclic amines) is 1. The molecular formula is C24H29N3O4. The first-order valence-electron chi connectivity index (χ1n) is 10.6. The van der Waals surface area contributed by atoms with Gasteiger partial charge in [0.05, 0.1) is 0 Å². The molecule has 1 unspecified atom stereocenters. The Morgan fingerprint density at radius 2 is 1.71 bits per heavy atom. The van der Waals surface area contributed by atoms with E-state index in [1.54, 1.807) is 36.4 Å². The van der Waals surface area contributed by atoms with Gasteiger partial charge in [-0.05, 0) is 49.1 Å². The average molecular weight is 424 g/mol. The lowest BCUT2D eigenvalue weighted by molar-refractivity contribution is -0.128. The van der Waals surface area contributed by atoms with Crippen LogP contribution in [0.2, 0.25) is 0 Å². The molecule has 0 aromatic heterocycles. The van der Waals surface area contributed by atoms with Gasteiger partial charge in [0.25, 0.3) is 11.8 Å². The van der Waals surface area contributed by atoms with Gasteiger partial charge < -0.3 is 20.3 Å². The van der Waals surface area contributed by atoms with E-state index in [1.165, 1.54) is 0 Å². The van der Waals surface area contributed by atoms with Crippen LogP contribution in [0.5, 0.6) is 5.75 Å². The molecule has 2 aromatic rings. The van der Waals surface area contributed by atoms with Gasteiger partial charge in [-0.15, -0.1) is 0 Å². The molecule has 0 spiro atoms. The van der Waals surface area contributed by atoms with E-state index in [-0.39, 0.29) is 30.2 Å². The van der Waals surface area contributed by atoms with Crippen LogP contribution in [0.1, 0.15) is 37.0 Å². The molecule has 0 bridgehead atoms. The SMILES string of the molecule is CC(C)C(NC(=O)COc1ccccc1)C(=O)Nc1cccc(C(=O)N2CCCC2)c1. The Hall–Kier alpha value is -3.35. The standard InChI is InChI=1S/C24H29N3O4/c1-17(2)22(26-21(28)16-31-20-11-4-3-5-12-20)23(29)25-19-10-8-9-18(15-19)24(30)27-13-6-7-14-27/h3-5,8-12,15,17,22H,6-7,13-14,16H2,1-2H3,(H,25,29)(H,26,28). The van der Waals surface area contributed by atoms with Crippen molar-refractivity contribution in [3.05, 3.63) is 60.2 Å². The molecule has 1 saturated heterocycles. The summed E-state index contributed by atoms with van der Waals surface area (Å²) in [6, 6.07) is 15.2. The van der Waals surface area contributed by atoms with Crippen LogP contribution < -0.4 is 15.4 Å². The van der Waals surface area contributed by atoms with Gasteiger partial charge >= 0.3 is 0 Å². The zero-order valence-electron chi connectivity index (χ0n) is 18.0. The lowest BCUT2D eigenvalue weighted by atomic mass is 10.0. The van der Waals surface area contributed by atoms with Crippen molar-refractivity contribution in [2.75, 3.05) is 25.0 Å². The second-order valence-electron chi connectivity index (χ2n) is 7.96. The van der Waals surface area contributed by atoms with E-state index in [4.69, 9.17) is 4.74 Å². The van der Waals surface area contributed by atoms with Crippen LogP contribution in [0.15, 0.2) is 54.6 Å². The highest BCUT2D eigenvalue weighted by Gasteiger charge is 2.25. The van der Waals surface area contributed by atoms with Crippen molar-refractivity contribution in [2.24, 2.45) is 5.92 Å². The molecule has 0 aliphatic carbocycles. The van der Waals surface area contributed by atoms with Crippen molar-refractivity contribution in [1.29, 1.82) is 0 Å². The number of hydrogen-bond donors (Lipinski definition) is 2. The van der Waals surface area contributed by atoms with E-state index in [2.05, 4.69) is 10.6 Å². The first-order chi connectivity index (χ1) is 14.9. The molecular weight excluding hydrogens is 394 g/mol. The minimum absolute atomic E-state index is 0.0274. The van der Waals surface area contributed by atoms with E-state index in [0.717, 1.165) is 25.9 Å². The normalized spacial score (nSPS) is 14.2. The predicted molar refractivity (Wildman–Crippen MR) is 119 cm³/mol. The molecule has 0 saturated carbocycles. The number of ether oxygens (including phenoxy) is 1. The summed E-state index contributed by atoms with van der Waals surface area (Å²) < 4.78 is 5.45. The molecule has 31 heavy (non-hydrogen) atoms. The molecule has 164 valence electrons. The summed E-state index contributed by atoms with van der Waals surface area (Å²) in [7, 11) is 0. The second-order valence-corrected chi connectivity index (χ2v) is 7.96. The number of benzene rings is 2. The van der Waals surface area contributed by atoms with Gasteiger partial charge in [0.1, 0.15) is 11.8 Å². The smallest absolute Gasteiger partial charge is 0.258 e. The van der Waals surface area contributed by atoms with Gasteiger partial charge in [0, 0.05) is 24.3 Å². The molecule has 1 aliphatic heterocycles. The number of para-hydroxylation sites is 1. The van der Waals surface area contributed by atoms with Gasteiger partial charge in [0.2, 0.25) is 5.91 Å². The first kappa shape index (κ1) is 22.3. The molecule has 1 heterocycles. The minimum atomic E-state index is -0.732. The molecule has 2 N–H and O–H groups in total. The third-order valence-electron chi connectivity index (χ3n) is 5.15. The van der Waals surface area contributed by atoms with E-state index in [0.29, 0.717) is 17.0 Å².